The largest absolute Gasteiger partial charge is 0.289 e. The van der Waals surface area contributed by atoms with Crippen LogP contribution in [0, 0.1) is 0 Å². The molecule has 0 saturated heterocycles. The van der Waals surface area contributed by atoms with Gasteiger partial charge in [0.1, 0.15) is 0 Å². The van der Waals surface area contributed by atoms with Gasteiger partial charge in [0.05, 0.1) is 0 Å². The number of hydrogen-bond acceptors (Lipinski definition) is 2. The number of fused-ring (bicyclic) bond motifs is 1. The lowest BCUT2D eigenvalue weighted by Gasteiger charge is -2.04. The molecule has 0 saturated carbocycles. The topological polar surface area (TPSA) is 17.1 Å². The molecule has 1 aromatic heterocycles. The summed E-state index contributed by atoms with van der Waals surface area (Å²) in [5.41, 5.74) is 1.42. The first-order valence-corrected chi connectivity index (χ1v) is 8.99. The molecule has 1 heterocycles. The summed E-state index contributed by atoms with van der Waals surface area (Å²) < 4.78 is 3.86. The van der Waals surface area contributed by atoms with Gasteiger partial charge in [0.2, 0.25) is 0 Å². The van der Waals surface area contributed by atoms with E-state index in [0.717, 1.165) is 29.1 Å². The minimum atomic E-state index is 0.0359. The van der Waals surface area contributed by atoms with Gasteiger partial charge in [0.25, 0.3) is 0 Å². The van der Waals surface area contributed by atoms with Crippen LogP contribution in [0.5, 0.6) is 0 Å². The Balaban J connectivity index is 2.16. The maximum Gasteiger partial charge on any atom is 0.195 e. The highest BCUT2D eigenvalue weighted by Crippen LogP contribution is 2.34. The van der Waals surface area contributed by atoms with Crippen LogP contribution in [0.4, 0.5) is 0 Å². The minimum absolute atomic E-state index is 0.0359. The molecule has 0 unspecified atom stereocenters. The van der Waals surface area contributed by atoms with Gasteiger partial charge in [-0.15, -0.1) is 11.3 Å². The zero-order valence-electron chi connectivity index (χ0n) is 9.99. The normalized spacial score (nSPS) is 10.9. The van der Waals surface area contributed by atoms with E-state index in [9.17, 15) is 4.79 Å². The van der Waals surface area contributed by atoms with Gasteiger partial charge >= 0.3 is 0 Å². The number of ketones is 1. The fraction of sp³-hybridized carbons (Fsp3) is 0. The lowest BCUT2D eigenvalue weighted by molar-refractivity contribution is 0.104. The molecule has 1 nitrogen and oxygen atoms in total. The second-order valence-corrected chi connectivity index (χ2v) is 7.72. The number of hydrogen-bond donors (Lipinski definition) is 0. The summed E-state index contributed by atoms with van der Waals surface area (Å²) in [6, 6.07) is 11.5. The van der Waals surface area contributed by atoms with Gasteiger partial charge in [0, 0.05) is 40.0 Å². The van der Waals surface area contributed by atoms with Crippen LogP contribution in [0.2, 0.25) is 0 Å². The quantitative estimate of drug-likeness (QED) is 0.392. The summed E-state index contributed by atoms with van der Waals surface area (Å²) in [7, 11) is 0. The minimum Gasteiger partial charge on any atom is -0.289 e. The first-order valence-electron chi connectivity index (χ1n) is 5.73. The Morgan fingerprint density at radius 2 is 1.75 bits per heavy atom. The lowest BCUT2D eigenvalue weighted by atomic mass is 10.0. The summed E-state index contributed by atoms with van der Waals surface area (Å²) in [4.78, 5) is 12.7. The van der Waals surface area contributed by atoms with E-state index in [2.05, 4.69) is 47.8 Å². The van der Waals surface area contributed by atoms with Gasteiger partial charge in [-0.05, 0) is 56.1 Å². The van der Waals surface area contributed by atoms with Gasteiger partial charge < -0.3 is 0 Å². The SMILES string of the molecule is O=C(c1ccc(Br)cc1Br)c1csc2c(Br)cccc12. The third-order valence-corrected chi connectivity index (χ3v) is 6.07. The smallest absolute Gasteiger partial charge is 0.195 e. The van der Waals surface area contributed by atoms with Crippen LogP contribution in [0.1, 0.15) is 15.9 Å². The molecule has 0 amide bonds. The van der Waals surface area contributed by atoms with Crippen LogP contribution in [0.15, 0.2) is 55.2 Å². The molecule has 100 valence electrons. The van der Waals surface area contributed by atoms with Crippen molar-refractivity contribution in [2.45, 2.75) is 0 Å². The Kier molecular flexibility index (Phi) is 4.13. The Bertz CT molecular complexity index is 823. The van der Waals surface area contributed by atoms with Gasteiger partial charge in [-0.2, -0.15) is 0 Å². The maximum atomic E-state index is 12.7. The predicted molar refractivity (Wildman–Crippen MR) is 94.8 cm³/mol. The molecule has 0 N–H and O–H groups in total. The maximum absolute atomic E-state index is 12.7. The summed E-state index contributed by atoms with van der Waals surface area (Å²) >= 11 is 12.0. The third-order valence-electron chi connectivity index (χ3n) is 2.97. The fourth-order valence-corrected chi connectivity index (χ4v) is 4.85. The fourth-order valence-electron chi connectivity index (χ4n) is 2.02. The van der Waals surface area contributed by atoms with Crippen molar-refractivity contribution in [1.82, 2.24) is 0 Å². The first-order chi connectivity index (χ1) is 9.58. The van der Waals surface area contributed by atoms with E-state index in [0.29, 0.717) is 5.56 Å². The molecule has 3 rings (SSSR count). The van der Waals surface area contributed by atoms with Crippen molar-refractivity contribution in [2.75, 3.05) is 0 Å². The number of rotatable bonds is 2. The highest BCUT2D eigenvalue weighted by molar-refractivity contribution is 9.11. The van der Waals surface area contributed by atoms with E-state index in [-0.39, 0.29) is 5.78 Å². The van der Waals surface area contributed by atoms with Gasteiger partial charge in [-0.3, -0.25) is 4.79 Å². The van der Waals surface area contributed by atoms with E-state index in [4.69, 9.17) is 0 Å². The van der Waals surface area contributed by atoms with Crippen molar-refractivity contribution < 1.29 is 4.79 Å². The highest BCUT2D eigenvalue weighted by atomic mass is 79.9. The van der Waals surface area contributed by atoms with Crippen molar-refractivity contribution >= 4 is 75.0 Å². The molecule has 0 radical (unpaired) electrons. The van der Waals surface area contributed by atoms with E-state index >= 15 is 0 Å². The monoisotopic (exact) mass is 472 g/mol. The zero-order chi connectivity index (χ0) is 14.3. The molecule has 0 aliphatic rings. The lowest BCUT2D eigenvalue weighted by Crippen LogP contribution is -2.01. The molecule has 0 atom stereocenters. The Hall–Kier alpha value is -0.490. The number of benzene rings is 2. The van der Waals surface area contributed by atoms with Crippen LogP contribution in [-0.4, -0.2) is 5.78 Å². The third kappa shape index (κ3) is 2.52. The Morgan fingerprint density at radius 1 is 0.950 bits per heavy atom. The van der Waals surface area contributed by atoms with E-state index in [1.165, 1.54) is 0 Å². The zero-order valence-corrected chi connectivity index (χ0v) is 15.6. The molecule has 5 heteroatoms. The van der Waals surface area contributed by atoms with Crippen LogP contribution >= 0.6 is 59.1 Å². The highest BCUT2D eigenvalue weighted by Gasteiger charge is 2.17. The molecular formula is C15H7Br3OS. The van der Waals surface area contributed by atoms with Gasteiger partial charge in [-0.25, -0.2) is 0 Å². The van der Waals surface area contributed by atoms with Crippen LogP contribution < -0.4 is 0 Å². The number of thiophene rings is 1. The second kappa shape index (κ2) is 5.72. The molecule has 0 fully saturated rings. The summed E-state index contributed by atoms with van der Waals surface area (Å²) in [5, 5.41) is 2.91. The first kappa shape index (κ1) is 14.4. The van der Waals surface area contributed by atoms with Crippen LogP contribution in [0.25, 0.3) is 10.1 Å². The molecule has 3 aromatic rings. The van der Waals surface area contributed by atoms with E-state index in [1.807, 2.05) is 41.8 Å². The van der Waals surface area contributed by atoms with Gasteiger partial charge in [-0.1, -0.05) is 28.1 Å². The summed E-state index contributed by atoms with van der Waals surface area (Å²) in [6.45, 7) is 0. The summed E-state index contributed by atoms with van der Waals surface area (Å²) in [6.07, 6.45) is 0. The number of carbonyl (C=O) groups is 1. The van der Waals surface area contributed by atoms with Crippen LogP contribution in [-0.2, 0) is 0 Å². The van der Waals surface area contributed by atoms with Crippen LogP contribution in [0.3, 0.4) is 0 Å². The van der Waals surface area contributed by atoms with Crippen molar-refractivity contribution in [3.8, 4) is 0 Å². The van der Waals surface area contributed by atoms with Crippen molar-refractivity contribution in [3.63, 3.8) is 0 Å². The standard InChI is InChI=1S/C15H7Br3OS/c16-8-4-5-10(13(18)6-8)14(19)11-7-20-15-9(11)2-1-3-12(15)17/h1-7H. The average Bonchev–Trinajstić information content (AvgIpc) is 2.83. The second-order valence-electron chi connectivity index (χ2n) is 4.22. The van der Waals surface area contributed by atoms with Crippen molar-refractivity contribution in [1.29, 1.82) is 0 Å². The molecule has 0 aliphatic heterocycles. The Labute approximate surface area is 145 Å². The van der Waals surface area contributed by atoms with E-state index in [1.54, 1.807) is 11.3 Å². The Morgan fingerprint density at radius 3 is 2.50 bits per heavy atom. The van der Waals surface area contributed by atoms with Crippen molar-refractivity contribution in [2.24, 2.45) is 0 Å². The molecule has 0 aliphatic carbocycles. The predicted octanol–water partition coefficient (Wildman–Crippen LogP) is 6.42. The van der Waals surface area contributed by atoms with Crippen molar-refractivity contribution in [3.05, 3.63) is 66.3 Å². The molecule has 0 spiro atoms. The van der Waals surface area contributed by atoms with Gasteiger partial charge in [0.15, 0.2) is 5.78 Å². The number of carbonyl (C=O) groups excluding carboxylic acids is 1. The van der Waals surface area contributed by atoms with E-state index < -0.39 is 0 Å². The average molecular weight is 475 g/mol. The summed E-state index contributed by atoms with van der Waals surface area (Å²) in [5.74, 6) is 0.0359. The molecule has 2 aromatic carbocycles. The number of halogens is 3. The molecule has 0 bridgehead atoms. The molecular weight excluding hydrogens is 468 g/mol. The molecule has 20 heavy (non-hydrogen) atoms.